The van der Waals surface area contributed by atoms with Gasteiger partial charge in [-0.15, -0.1) is 0 Å². The molecule has 2 N–H and O–H groups in total. The van der Waals surface area contributed by atoms with Crippen LogP contribution < -0.4 is 20.4 Å². The topological polar surface area (TPSA) is 169 Å². The number of piperidine rings is 4. The second-order valence-electron chi connectivity index (χ2n) is 23.2. The molecule has 386 valence electrons. The summed E-state index contributed by atoms with van der Waals surface area (Å²) < 4.78 is 2.20. The Morgan fingerprint density at radius 2 is 1.49 bits per heavy atom. The second kappa shape index (κ2) is 19.4. The number of hydrogen-bond donors (Lipinski definition) is 2. The van der Waals surface area contributed by atoms with Gasteiger partial charge < -0.3 is 34.4 Å². The van der Waals surface area contributed by atoms with Crippen LogP contribution in [0.2, 0.25) is 0 Å². The number of likely N-dealkylation sites (tertiary alicyclic amines) is 3. The first-order valence-electron chi connectivity index (χ1n) is 27.9. The summed E-state index contributed by atoms with van der Waals surface area (Å²) in [4.78, 5) is 93.3. The van der Waals surface area contributed by atoms with Crippen molar-refractivity contribution < 1.29 is 24.0 Å². The Balaban J connectivity index is 0.684. The van der Waals surface area contributed by atoms with Gasteiger partial charge in [0, 0.05) is 99.1 Å². The van der Waals surface area contributed by atoms with E-state index in [0.29, 0.717) is 76.8 Å². The second-order valence-corrected chi connectivity index (χ2v) is 23.2. The van der Waals surface area contributed by atoms with E-state index in [-0.39, 0.29) is 65.4 Å². The summed E-state index contributed by atoms with van der Waals surface area (Å²) in [5.41, 5.74) is 6.06. The van der Waals surface area contributed by atoms with E-state index in [1.165, 1.54) is 19.3 Å². The number of carbonyl (C=O) groups is 5. The highest BCUT2D eigenvalue weighted by Gasteiger charge is 2.56. The maximum atomic E-state index is 15.2. The van der Waals surface area contributed by atoms with Gasteiger partial charge in [0.1, 0.15) is 11.3 Å². The zero-order valence-electron chi connectivity index (χ0n) is 43.1. The summed E-state index contributed by atoms with van der Waals surface area (Å²) in [5, 5.41) is 6.14. The summed E-state index contributed by atoms with van der Waals surface area (Å²) in [6.45, 7) is 8.94. The highest BCUT2D eigenvalue weighted by atomic mass is 16.2. The van der Waals surface area contributed by atoms with Crippen LogP contribution in [0.1, 0.15) is 146 Å². The maximum absolute atomic E-state index is 15.2. The number of carbonyl (C=O) groups excluding carboxylic acids is 5. The number of benzene rings is 1. The van der Waals surface area contributed by atoms with Crippen molar-refractivity contribution in [3.05, 3.63) is 60.0 Å². The van der Waals surface area contributed by atoms with E-state index >= 15 is 4.79 Å². The molecule has 73 heavy (non-hydrogen) atoms. The molecule has 1 spiro atoms. The van der Waals surface area contributed by atoms with E-state index in [0.717, 1.165) is 115 Å². The molecule has 3 saturated carbocycles. The molecule has 1 atom stereocenters. The fraction of sp³-hybridized carbons (Fsp3) is 0.614. The van der Waals surface area contributed by atoms with Gasteiger partial charge in [-0.2, -0.15) is 0 Å². The van der Waals surface area contributed by atoms with Crippen molar-refractivity contribution in [1.29, 1.82) is 0 Å². The van der Waals surface area contributed by atoms with Gasteiger partial charge in [-0.05, 0) is 153 Å². The van der Waals surface area contributed by atoms with Crippen molar-refractivity contribution in [3.63, 3.8) is 0 Å². The lowest BCUT2D eigenvalue weighted by Gasteiger charge is -2.48. The van der Waals surface area contributed by atoms with Crippen molar-refractivity contribution in [3.8, 4) is 11.3 Å². The zero-order valence-corrected chi connectivity index (χ0v) is 43.1. The molecule has 0 bridgehead atoms. The molecule has 3 aromatic heterocycles. The number of imide groups is 1. The molecular weight excluding hydrogens is 919 g/mol. The third-order valence-electron chi connectivity index (χ3n) is 18.5. The monoisotopic (exact) mass is 992 g/mol. The summed E-state index contributed by atoms with van der Waals surface area (Å²) in [7, 11) is 2.05. The van der Waals surface area contributed by atoms with Crippen LogP contribution in [-0.2, 0) is 29.4 Å². The standard InChI is InChI=1S/C57H73N11O5/c1-35(2)67-34-59-47-32-46(61-52(51(47)67)60-40-11-12-40)38-9-16-45-48(29-38)68(43-30-42(31-43)64-23-5-4-6-24-64)56(73)57(45)21-27-66(28-22-57)55(72)37-19-25-65(26-20-37)54(71)36-7-13-41(14-8-36)63(3)49-17-10-39(33-58-49)44-15-18-50(69)62-53(44)70/h9-10,16-17,29,32-37,40-44H,4-8,11-15,18-28,30-31H2,1-3H3,(H,60,61)(H,62,69,70). The lowest BCUT2D eigenvalue weighted by atomic mass is 9.73. The molecule has 8 aliphatic rings. The highest BCUT2D eigenvalue weighted by molar-refractivity contribution is 6.09. The highest BCUT2D eigenvalue weighted by Crippen LogP contribution is 2.52. The molecule has 12 rings (SSSR count). The Morgan fingerprint density at radius 3 is 2.16 bits per heavy atom. The molecule has 8 heterocycles. The van der Waals surface area contributed by atoms with Gasteiger partial charge in [0.25, 0.3) is 0 Å². The molecule has 16 nitrogen and oxygen atoms in total. The molecule has 5 amide bonds. The molecular formula is C57H73N11O5. The van der Waals surface area contributed by atoms with Crippen LogP contribution in [0.5, 0.6) is 0 Å². The van der Waals surface area contributed by atoms with Crippen LogP contribution in [0.4, 0.5) is 17.3 Å². The van der Waals surface area contributed by atoms with E-state index in [2.05, 4.69) is 68.0 Å². The zero-order chi connectivity index (χ0) is 50.1. The van der Waals surface area contributed by atoms with Gasteiger partial charge in [0.2, 0.25) is 29.5 Å². The fourth-order valence-electron chi connectivity index (χ4n) is 13.8. The molecule has 16 heteroatoms. The Hall–Kier alpha value is -5.90. The summed E-state index contributed by atoms with van der Waals surface area (Å²) >= 11 is 0. The van der Waals surface area contributed by atoms with Crippen LogP contribution in [0.3, 0.4) is 0 Å². The Bertz CT molecular complexity index is 2770. The number of aromatic nitrogens is 4. The molecule has 0 radical (unpaired) electrons. The van der Waals surface area contributed by atoms with Gasteiger partial charge in [-0.1, -0.05) is 24.6 Å². The van der Waals surface area contributed by atoms with Crippen molar-refractivity contribution >= 4 is 57.9 Å². The Morgan fingerprint density at radius 1 is 0.781 bits per heavy atom. The van der Waals surface area contributed by atoms with Crippen LogP contribution >= 0.6 is 0 Å². The fourth-order valence-corrected chi connectivity index (χ4v) is 13.8. The minimum atomic E-state index is -0.671. The predicted octanol–water partition coefficient (Wildman–Crippen LogP) is 7.33. The molecule has 3 aliphatic carbocycles. The first-order chi connectivity index (χ1) is 35.4. The first-order valence-corrected chi connectivity index (χ1v) is 27.9. The molecule has 5 aliphatic heterocycles. The van der Waals surface area contributed by atoms with Crippen molar-refractivity contribution in [2.75, 3.05) is 61.4 Å². The number of fused-ring (bicyclic) bond motifs is 3. The Labute approximate surface area is 429 Å². The molecule has 4 saturated heterocycles. The van der Waals surface area contributed by atoms with E-state index in [1.807, 2.05) is 35.3 Å². The van der Waals surface area contributed by atoms with Crippen molar-refractivity contribution in [2.45, 2.75) is 165 Å². The largest absolute Gasteiger partial charge is 0.366 e. The van der Waals surface area contributed by atoms with Gasteiger partial charge in [-0.25, -0.2) is 15.0 Å². The number of amides is 5. The first kappa shape index (κ1) is 48.1. The molecule has 1 aromatic carbocycles. The lowest BCUT2D eigenvalue weighted by Crippen LogP contribution is -2.58. The van der Waals surface area contributed by atoms with Crippen molar-refractivity contribution in [2.24, 2.45) is 11.8 Å². The van der Waals surface area contributed by atoms with Crippen LogP contribution in [0.15, 0.2) is 48.9 Å². The van der Waals surface area contributed by atoms with Crippen LogP contribution in [0, 0.1) is 11.8 Å². The third kappa shape index (κ3) is 8.96. The number of rotatable bonds is 11. The van der Waals surface area contributed by atoms with Crippen molar-refractivity contribution in [1.82, 2.24) is 39.5 Å². The maximum Gasteiger partial charge on any atom is 0.238 e. The van der Waals surface area contributed by atoms with Crippen LogP contribution in [-0.4, -0.2) is 134 Å². The number of anilines is 3. The van der Waals surface area contributed by atoms with E-state index in [9.17, 15) is 19.2 Å². The minimum Gasteiger partial charge on any atom is -0.366 e. The normalized spacial score (nSPS) is 26.8. The number of nitrogens with one attached hydrogen (secondary N) is 2. The quantitative estimate of drug-likeness (QED) is 0.144. The van der Waals surface area contributed by atoms with Gasteiger partial charge >= 0.3 is 0 Å². The number of nitrogens with zero attached hydrogens (tertiary/aromatic N) is 9. The average molecular weight is 992 g/mol. The third-order valence-corrected chi connectivity index (χ3v) is 18.5. The molecule has 4 aromatic rings. The summed E-state index contributed by atoms with van der Waals surface area (Å²) in [6, 6.07) is 14.2. The number of imidazole rings is 1. The van der Waals surface area contributed by atoms with Gasteiger partial charge in [-0.3, -0.25) is 29.3 Å². The summed E-state index contributed by atoms with van der Waals surface area (Å²) in [5.74, 6) is 1.31. The van der Waals surface area contributed by atoms with E-state index in [4.69, 9.17) is 15.0 Å². The summed E-state index contributed by atoms with van der Waals surface area (Å²) in [6.07, 6.45) is 18.5. The minimum absolute atomic E-state index is 0.0209. The van der Waals surface area contributed by atoms with Gasteiger partial charge in [0.15, 0.2) is 5.82 Å². The predicted molar refractivity (Wildman–Crippen MR) is 280 cm³/mol. The Kier molecular flexibility index (Phi) is 12.8. The SMILES string of the molecule is CC(C)n1cnc2cc(-c3ccc4c(c3)N(C3CC(N5CCCCC5)C3)C(=O)C43CCN(C(=O)C4CCN(C(=O)C5CCC(N(C)c6ccc(C7CCC(=O)NC7=O)cn6)CC5)CC4)CC3)nc(NC3CC3)c21. The lowest BCUT2D eigenvalue weighted by molar-refractivity contribution is -0.144. The molecule has 7 fully saturated rings. The average Bonchev–Trinajstić information content (AvgIpc) is 4.07. The smallest absolute Gasteiger partial charge is 0.238 e. The van der Waals surface area contributed by atoms with Crippen LogP contribution in [0.25, 0.3) is 22.3 Å². The number of pyridine rings is 2. The van der Waals surface area contributed by atoms with E-state index < -0.39 is 5.41 Å². The van der Waals surface area contributed by atoms with E-state index in [1.54, 1.807) is 6.20 Å². The number of hydrogen-bond acceptors (Lipinski definition) is 11. The molecule has 1 unspecified atom stereocenters. The van der Waals surface area contributed by atoms with Gasteiger partial charge in [0.05, 0.1) is 28.9 Å².